The zero-order valence-corrected chi connectivity index (χ0v) is 14.3. The third-order valence-corrected chi connectivity index (χ3v) is 4.61. The van der Waals surface area contributed by atoms with Crippen molar-refractivity contribution in [3.05, 3.63) is 48.0 Å². The molecule has 0 radical (unpaired) electrons. The van der Waals surface area contributed by atoms with Gasteiger partial charge in [0, 0.05) is 32.7 Å². The van der Waals surface area contributed by atoms with Crippen molar-refractivity contribution in [1.29, 1.82) is 0 Å². The molecule has 3 N–H and O–H groups in total. The maximum absolute atomic E-state index is 10.4. The first kappa shape index (κ1) is 17.4. The predicted molar refractivity (Wildman–Crippen MR) is 96.4 cm³/mol. The van der Waals surface area contributed by atoms with Crippen LogP contribution in [-0.2, 0) is 0 Å². The van der Waals surface area contributed by atoms with Crippen molar-refractivity contribution in [1.82, 2.24) is 4.90 Å². The minimum atomic E-state index is -0.704. The van der Waals surface area contributed by atoms with Gasteiger partial charge in [-0.2, -0.15) is 0 Å². The van der Waals surface area contributed by atoms with Crippen LogP contribution in [0.15, 0.2) is 42.5 Å². The zero-order chi connectivity index (χ0) is 17.8. The van der Waals surface area contributed by atoms with Crippen LogP contribution in [0.5, 0.6) is 17.2 Å². The summed E-state index contributed by atoms with van der Waals surface area (Å²) < 4.78 is 5.43. The quantitative estimate of drug-likeness (QED) is 0.720. The van der Waals surface area contributed by atoms with Gasteiger partial charge in [-0.25, -0.2) is 0 Å². The fourth-order valence-electron chi connectivity index (χ4n) is 3.16. The number of rotatable bonds is 5. The van der Waals surface area contributed by atoms with Gasteiger partial charge in [0.2, 0.25) is 0 Å². The Hall–Kier alpha value is -2.44. The van der Waals surface area contributed by atoms with Crippen LogP contribution in [0.4, 0.5) is 5.69 Å². The minimum Gasteiger partial charge on any atom is -0.504 e. The lowest BCUT2D eigenvalue weighted by molar-refractivity contribution is 0.109. The summed E-state index contributed by atoms with van der Waals surface area (Å²) in [5.41, 5.74) is 1.69. The number of phenols is 2. The van der Waals surface area contributed by atoms with Gasteiger partial charge in [0.15, 0.2) is 11.5 Å². The molecule has 1 atom stereocenters. The van der Waals surface area contributed by atoms with Crippen LogP contribution in [0.1, 0.15) is 11.7 Å². The molecular weight excluding hydrogens is 320 g/mol. The molecule has 0 bridgehead atoms. The Morgan fingerprint density at radius 1 is 1.00 bits per heavy atom. The molecule has 0 spiro atoms. The number of aliphatic hydroxyl groups excluding tert-OH is 1. The highest BCUT2D eigenvalue weighted by Gasteiger charge is 2.22. The molecule has 1 aliphatic heterocycles. The highest BCUT2D eigenvalue weighted by atomic mass is 16.5. The van der Waals surface area contributed by atoms with Crippen LogP contribution in [0.3, 0.4) is 0 Å². The smallest absolute Gasteiger partial charge is 0.157 e. The number of nitrogens with zero attached hydrogens (tertiary/aromatic N) is 2. The number of aliphatic hydroxyl groups is 1. The van der Waals surface area contributed by atoms with E-state index in [0.717, 1.165) is 37.6 Å². The van der Waals surface area contributed by atoms with Crippen LogP contribution in [0, 0.1) is 0 Å². The van der Waals surface area contributed by atoms with E-state index in [1.807, 2.05) is 18.2 Å². The van der Waals surface area contributed by atoms with Crippen LogP contribution >= 0.6 is 0 Å². The zero-order valence-electron chi connectivity index (χ0n) is 14.3. The van der Waals surface area contributed by atoms with Gasteiger partial charge in [-0.05, 0) is 29.8 Å². The third kappa shape index (κ3) is 3.97. The molecule has 6 nitrogen and oxygen atoms in total. The number of piperazine rings is 1. The van der Waals surface area contributed by atoms with E-state index in [2.05, 4.69) is 15.9 Å². The molecule has 25 heavy (non-hydrogen) atoms. The highest BCUT2D eigenvalue weighted by Crippen LogP contribution is 2.30. The molecule has 2 aromatic carbocycles. The Balaban J connectivity index is 1.58. The molecule has 134 valence electrons. The molecular formula is C19H24N2O4. The molecule has 6 heteroatoms. The Morgan fingerprint density at radius 2 is 1.72 bits per heavy atom. The summed E-state index contributed by atoms with van der Waals surface area (Å²) in [5.74, 6) is 0.481. The van der Waals surface area contributed by atoms with Crippen LogP contribution in [0.25, 0.3) is 0 Å². The van der Waals surface area contributed by atoms with E-state index in [4.69, 9.17) is 4.74 Å². The fourth-order valence-corrected chi connectivity index (χ4v) is 3.16. The summed E-state index contributed by atoms with van der Waals surface area (Å²) in [6.07, 6.45) is -0.704. The Bertz CT molecular complexity index is 714. The predicted octanol–water partition coefficient (Wildman–Crippen LogP) is 1.96. The lowest BCUT2D eigenvalue weighted by Gasteiger charge is -2.37. The van der Waals surface area contributed by atoms with Crippen molar-refractivity contribution in [3.8, 4) is 17.2 Å². The summed E-state index contributed by atoms with van der Waals surface area (Å²) in [6.45, 7) is 3.87. The largest absolute Gasteiger partial charge is 0.504 e. The fraction of sp³-hybridized carbons (Fsp3) is 0.368. The average Bonchev–Trinajstić information content (AvgIpc) is 2.64. The van der Waals surface area contributed by atoms with Gasteiger partial charge in [0.05, 0.1) is 18.9 Å². The van der Waals surface area contributed by atoms with Gasteiger partial charge in [-0.1, -0.05) is 18.2 Å². The third-order valence-electron chi connectivity index (χ3n) is 4.61. The summed E-state index contributed by atoms with van der Waals surface area (Å²) in [5, 5.41) is 29.3. The van der Waals surface area contributed by atoms with Crippen LogP contribution < -0.4 is 9.64 Å². The van der Waals surface area contributed by atoms with Crippen LogP contribution in [-0.4, -0.2) is 60.1 Å². The SMILES string of the molecule is COc1ccccc1N1CCN(C[C@@H](O)c2ccc(O)c(O)c2)CC1. The number of ether oxygens (including phenoxy) is 1. The van der Waals surface area contributed by atoms with Gasteiger partial charge in [0.25, 0.3) is 0 Å². The van der Waals surface area contributed by atoms with E-state index < -0.39 is 6.10 Å². The van der Waals surface area contributed by atoms with Crippen molar-refractivity contribution in [2.75, 3.05) is 44.7 Å². The second kappa shape index (κ2) is 7.63. The molecule has 0 amide bonds. The Morgan fingerprint density at radius 3 is 2.40 bits per heavy atom. The van der Waals surface area contributed by atoms with E-state index in [-0.39, 0.29) is 11.5 Å². The minimum absolute atomic E-state index is 0.179. The summed E-state index contributed by atoms with van der Waals surface area (Å²) in [4.78, 5) is 4.48. The number of phenolic OH excluding ortho intramolecular Hbond substituents is 2. The Labute approximate surface area is 147 Å². The number of hydrogen-bond acceptors (Lipinski definition) is 6. The first-order valence-corrected chi connectivity index (χ1v) is 8.38. The molecule has 0 aromatic heterocycles. The number of para-hydroxylation sites is 2. The number of aromatic hydroxyl groups is 2. The first-order chi connectivity index (χ1) is 12.1. The summed E-state index contributed by atoms with van der Waals surface area (Å²) in [6, 6.07) is 12.4. The number of methoxy groups -OCH3 is 1. The highest BCUT2D eigenvalue weighted by molar-refractivity contribution is 5.58. The van der Waals surface area contributed by atoms with E-state index in [9.17, 15) is 15.3 Å². The van der Waals surface area contributed by atoms with E-state index in [0.29, 0.717) is 12.1 Å². The van der Waals surface area contributed by atoms with Crippen molar-refractivity contribution in [2.24, 2.45) is 0 Å². The molecule has 1 heterocycles. The van der Waals surface area contributed by atoms with E-state index in [1.165, 1.54) is 12.1 Å². The van der Waals surface area contributed by atoms with Crippen molar-refractivity contribution in [3.63, 3.8) is 0 Å². The van der Waals surface area contributed by atoms with Crippen molar-refractivity contribution < 1.29 is 20.1 Å². The topological polar surface area (TPSA) is 76.4 Å². The molecule has 0 saturated carbocycles. The maximum atomic E-state index is 10.4. The number of benzene rings is 2. The van der Waals surface area contributed by atoms with Gasteiger partial charge >= 0.3 is 0 Å². The number of β-amino-alcohol motifs (C(OH)–C–C–N with tert-alkyl or cyclic N) is 1. The van der Waals surface area contributed by atoms with Crippen molar-refractivity contribution in [2.45, 2.75) is 6.10 Å². The second-order valence-electron chi connectivity index (χ2n) is 6.22. The lowest BCUT2D eigenvalue weighted by atomic mass is 10.1. The van der Waals surface area contributed by atoms with E-state index >= 15 is 0 Å². The molecule has 0 aliphatic carbocycles. The molecule has 3 rings (SSSR count). The van der Waals surface area contributed by atoms with Gasteiger partial charge in [-0.15, -0.1) is 0 Å². The standard InChI is InChI=1S/C19H24N2O4/c1-25-19-5-3-2-4-15(19)21-10-8-20(9-11-21)13-18(24)14-6-7-16(22)17(23)12-14/h2-7,12,18,22-24H,8-11,13H2,1H3/t18-/m1/s1. The molecule has 1 fully saturated rings. The average molecular weight is 344 g/mol. The molecule has 1 saturated heterocycles. The lowest BCUT2D eigenvalue weighted by Crippen LogP contribution is -2.47. The normalized spacial score (nSPS) is 16.6. The van der Waals surface area contributed by atoms with Crippen LogP contribution in [0.2, 0.25) is 0 Å². The van der Waals surface area contributed by atoms with Gasteiger partial charge in [0.1, 0.15) is 5.75 Å². The van der Waals surface area contributed by atoms with E-state index in [1.54, 1.807) is 13.2 Å². The number of anilines is 1. The molecule has 0 unspecified atom stereocenters. The first-order valence-electron chi connectivity index (χ1n) is 8.38. The Kier molecular flexibility index (Phi) is 5.31. The second-order valence-corrected chi connectivity index (χ2v) is 6.22. The summed E-state index contributed by atoms with van der Waals surface area (Å²) >= 11 is 0. The molecule has 2 aromatic rings. The molecule has 1 aliphatic rings. The summed E-state index contributed by atoms with van der Waals surface area (Å²) in [7, 11) is 1.68. The van der Waals surface area contributed by atoms with Crippen molar-refractivity contribution >= 4 is 5.69 Å². The van der Waals surface area contributed by atoms with Gasteiger partial charge in [-0.3, -0.25) is 4.90 Å². The number of hydrogen-bond donors (Lipinski definition) is 3. The van der Waals surface area contributed by atoms with Gasteiger partial charge < -0.3 is 25.0 Å². The monoisotopic (exact) mass is 344 g/mol. The maximum Gasteiger partial charge on any atom is 0.157 e.